The van der Waals surface area contributed by atoms with Crippen LogP contribution in [-0.2, 0) is 16.2 Å². The van der Waals surface area contributed by atoms with Gasteiger partial charge in [-0.25, -0.2) is 9.86 Å². The van der Waals surface area contributed by atoms with Crippen molar-refractivity contribution in [2.75, 3.05) is 13.3 Å². The summed E-state index contributed by atoms with van der Waals surface area (Å²) in [7, 11) is 0. The van der Waals surface area contributed by atoms with E-state index in [1.54, 1.807) is 6.20 Å². The maximum Gasteiger partial charge on any atom is 0.332 e. The van der Waals surface area contributed by atoms with Crippen LogP contribution in [0.15, 0.2) is 42.7 Å². The minimum absolute atomic E-state index is 0.316. The molecule has 0 saturated heterocycles. The van der Waals surface area contributed by atoms with Crippen LogP contribution >= 0.6 is 0 Å². The molecule has 0 unspecified atom stereocenters. The maximum atomic E-state index is 10.3. The zero-order chi connectivity index (χ0) is 12.1. The fraction of sp³-hybridized carbons (Fsp3) is 0.250. The van der Waals surface area contributed by atoms with E-state index < -0.39 is 5.97 Å². The van der Waals surface area contributed by atoms with Crippen LogP contribution in [0, 0.1) is 0 Å². The summed E-state index contributed by atoms with van der Waals surface area (Å²) in [5.74, 6) is -0.972. The molecule has 5 nitrogen and oxygen atoms in total. The Morgan fingerprint density at radius 2 is 2.06 bits per heavy atom. The molecule has 0 spiro atoms. The number of aliphatic carboxylic acids is 1. The number of benzene rings is 1. The lowest BCUT2D eigenvalue weighted by Gasteiger charge is -2.20. The van der Waals surface area contributed by atoms with Gasteiger partial charge in [-0.1, -0.05) is 30.3 Å². The van der Waals surface area contributed by atoms with E-state index in [1.165, 1.54) is 10.6 Å². The third kappa shape index (κ3) is 3.49. The lowest BCUT2D eigenvalue weighted by Crippen LogP contribution is -2.27. The fourth-order valence-electron chi connectivity index (χ4n) is 1.58. The Morgan fingerprint density at radius 1 is 1.29 bits per heavy atom. The molecule has 1 heterocycles. The summed E-state index contributed by atoms with van der Waals surface area (Å²) in [6.45, 7) is 1.01. The fourth-order valence-corrected chi connectivity index (χ4v) is 1.58. The van der Waals surface area contributed by atoms with Crippen LogP contribution in [0.4, 0.5) is 0 Å². The first kappa shape index (κ1) is 11.5. The first-order chi connectivity index (χ1) is 8.24. The second kappa shape index (κ2) is 5.36. The van der Waals surface area contributed by atoms with Crippen LogP contribution < -0.4 is 0 Å². The van der Waals surface area contributed by atoms with Crippen LogP contribution in [0.2, 0.25) is 0 Å². The molecule has 1 aliphatic rings. The van der Waals surface area contributed by atoms with Crippen LogP contribution in [-0.4, -0.2) is 34.3 Å². The number of hydrogen-bond donors (Lipinski definition) is 1. The van der Waals surface area contributed by atoms with E-state index in [2.05, 4.69) is 12.1 Å². The van der Waals surface area contributed by atoms with Gasteiger partial charge in [0, 0.05) is 18.9 Å². The zero-order valence-corrected chi connectivity index (χ0v) is 9.32. The third-order valence-corrected chi connectivity index (χ3v) is 2.35. The van der Waals surface area contributed by atoms with Gasteiger partial charge in [-0.05, 0) is 5.56 Å². The number of hydroxylamine groups is 2. The molecule has 0 aromatic heterocycles. The Morgan fingerprint density at radius 3 is 2.76 bits per heavy atom. The van der Waals surface area contributed by atoms with E-state index in [1.807, 2.05) is 29.3 Å². The van der Waals surface area contributed by atoms with Gasteiger partial charge in [0.05, 0.1) is 0 Å². The van der Waals surface area contributed by atoms with Crippen LogP contribution in [0.5, 0.6) is 0 Å². The SMILES string of the molecule is O=C(O)CON1C=CN(Cc2ccccc2)C1. The second-order valence-corrected chi connectivity index (χ2v) is 3.76. The van der Waals surface area contributed by atoms with Crippen LogP contribution in [0.3, 0.4) is 0 Å². The molecule has 0 bridgehead atoms. The van der Waals surface area contributed by atoms with Crippen molar-refractivity contribution >= 4 is 5.97 Å². The molecular weight excluding hydrogens is 220 g/mol. The van der Waals surface area contributed by atoms with Gasteiger partial charge < -0.3 is 10.0 Å². The Hall–Kier alpha value is -2.01. The predicted molar refractivity (Wildman–Crippen MR) is 61.4 cm³/mol. The Bertz CT molecular complexity index is 405. The van der Waals surface area contributed by atoms with Gasteiger partial charge in [-0.2, -0.15) is 0 Å². The summed E-state index contributed by atoms with van der Waals surface area (Å²) in [5.41, 5.74) is 1.21. The Balaban J connectivity index is 1.79. The van der Waals surface area contributed by atoms with Crippen molar-refractivity contribution in [3.63, 3.8) is 0 Å². The van der Waals surface area contributed by atoms with Gasteiger partial charge in [0.1, 0.15) is 6.67 Å². The highest BCUT2D eigenvalue weighted by Crippen LogP contribution is 2.11. The molecule has 0 atom stereocenters. The average molecular weight is 234 g/mol. The number of nitrogens with zero attached hydrogens (tertiary/aromatic N) is 2. The highest BCUT2D eigenvalue weighted by Gasteiger charge is 2.13. The topological polar surface area (TPSA) is 53.0 Å². The van der Waals surface area contributed by atoms with Crippen molar-refractivity contribution in [1.82, 2.24) is 9.96 Å². The molecule has 0 radical (unpaired) electrons. The summed E-state index contributed by atoms with van der Waals surface area (Å²) in [5, 5.41) is 10.00. The van der Waals surface area contributed by atoms with E-state index in [-0.39, 0.29) is 6.61 Å². The van der Waals surface area contributed by atoms with Gasteiger partial charge in [0.2, 0.25) is 0 Å². The molecule has 0 fully saturated rings. The normalized spacial score (nSPS) is 14.4. The highest BCUT2D eigenvalue weighted by molar-refractivity contribution is 5.67. The van der Waals surface area contributed by atoms with Crippen LogP contribution in [0.1, 0.15) is 5.56 Å². The molecule has 5 heteroatoms. The lowest BCUT2D eigenvalue weighted by atomic mass is 10.2. The van der Waals surface area contributed by atoms with E-state index in [0.29, 0.717) is 6.67 Å². The molecule has 0 amide bonds. The minimum Gasteiger partial charge on any atom is -0.479 e. The van der Waals surface area contributed by atoms with Crippen molar-refractivity contribution in [1.29, 1.82) is 0 Å². The van der Waals surface area contributed by atoms with Gasteiger partial charge in [0.15, 0.2) is 6.61 Å². The van der Waals surface area contributed by atoms with Crippen LogP contribution in [0.25, 0.3) is 0 Å². The first-order valence-electron chi connectivity index (χ1n) is 5.32. The van der Waals surface area contributed by atoms with Gasteiger partial charge in [0.25, 0.3) is 0 Å². The van der Waals surface area contributed by atoms with Gasteiger partial charge in [-0.15, -0.1) is 0 Å². The molecule has 17 heavy (non-hydrogen) atoms. The summed E-state index contributed by atoms with van der Waals surface area (Å²) in [6, 6.07) is 10.1. The standard InChI is InChI=1S/C12H14N2O3/c15-12(16)9-17-14-7-6-13(10-14)8-11-4-2-1-3-5-11/h1-7H,8-10H2,(H,15,16). The van der Waals surface area contributed by atoms with Crippen molar-refractivity contribution in [3.8, 4) is 0 Å². The molecule has 1 aromatic carbocycles. The monoisotopic (exact) mass is 234 g/mol. The maximum absolute atomic E-state index is 10.3. The molecule has 0 aliphatic carbocycles. The van der Waals surface area contributed by atoms with Gasteiger partial charge in [-0.3, -0.25) is 4.84 Å². The van der Waals surface area contributed by atoms with Crippen molar-refractivity contribution in [3.05, 3.63) is 48.3 Å². The van der Waals surface area contributed by atoms with E-state index in [0.717, 1.165) is 6.54 Å². The molecule has 1 N–H and O–H groups in total. The smallest absolute Gasteiger partial charge is 0.332 e. The molecule has 0 saturated carbocycles. The number of carboxylic acids is 1. The predicted octanol–water partition coefficient (Wildman–Crippen LogP) is 1.25. The molecule has 1 aliphatic heterocycles. The summed E-state index contributed by atoms with van der Waals surface area (Å²) >= 11 is 0. The van der Waals surface area contributed by atoms with E-state index in [9.17, 15) is 4.79 Å². The zero-order valence-electron chi connectivity index (χ0n) is 9.32. The first-order valence-corrected chi connectivity index (χ1v) is 5.32. The van der Waals surface area contributed by atoms with Crippen molar-refractivity contribution in [2.24, 2.45) is 0 Å². The number of carbonyl (C=O) groups is 1. The Kier molecular flexibility index (Phi) is 3.62. The summed E-state index contributed by atoms with van der Waals surface area (Å²) in [4.78, 5) is 17.4. The molecule has 2 rings (SSSR count). The second-order valence-electron chi connectivity index (χ2n) is 3.76. The molecular formula is C12H14N2O3. The van der Waals surface area contributed by atoms with Gasteiger partial charge >= 0.3 is 5.97 Å². The van der Waals surface area contributed by atoms with E-state index >= 15 is 0 Å². The average Bonchev–Trinajstić information content (AvgIpc) is 2.75. The highest BCUT2D eigenvalue weighted by atomic mass is 16.7. The van der Waals surface area contributed by atoms with Crippen molar-refractivity contribution < 1.29 is 14.7 Å². The number of hydrogen-bond acceptors (Lipinski definition) is 4. The molecule has 1 aromatic rings. The third-order valence-electron chi connectivity index (χ3n) is 2.35. The largest absolute Gasteiger partial charge is 0.479 e. The van der Waals surface area contributed by atoms with E-state index in [4.69, 9.17) is 9.94 Å². The quantitative estimate of drug-likeness (QED) is 0.831. The lowest BCUT2D eigenvalue weighted by molar-refractivity contribution is -0.167. The summed E-state index contributed by atoms with van der Waals surface area (Å²) < 4.78 is 0. The van der Waals surface area contributed by atoms with Crippen molar-refractivity contribution in [2.45, 2.75) is 6.54 Å². The summed E-state index contributed by atoms with van der Waals surface area (Å²) in [6.07, 6.45) is 3.61. The number of carboxylic acid groups (broad SMARTS) is 1. The minimum atomic E-state index is -0.972. The molecule has 90 valence electrons. The number of rotatable bonds is 5. The Labute approximate surface area is 99.5 Å².